The van der Waals surface area contributed by atoms with Crippen molar-refractivity contribution in [2.45, 2.75) is 66.2 Å². The van der Waals surface area contributed by atoms with E-state index in [0.29, 0.717) is 0 Å². The molecule has 128 valence electrons. The van der Waals surface area contributed by atoms with Gasteiger partial charge in [-0.05, 0) is 59.6 Å². The van der Waals surface area contributed by atoms with E-state index in [0.717, 1.165) is 16.0 Å². The number of carbonyl (C=O) groups excluding carboxylic acids is 2. The molecule has 2 amide bonds. The Morgan fingerprint density at radius 2 is 1.35 bits per heavy atom. The van der Waals surface area contributed by atoms with E-state index in [1.54, 1.807) is 41.5 Å². The van der Waals surface area contributed by atoms with E-state index >= 15 is 0 Å². The summed E-state index contributed by atoms with van der Waals surface area (Å²) in [6.07, 6.45) is -1.43. The summed E-state index contributed by atoms with van der Waals surface area (Å²) in [6.45, 7) is 12.6. The molecule has 0 aromatic heterocycles. The van der Waals surface area contributed by atoms with Crippen molar-refractivity contribution in [3.63, 3.8) is 0 Å². The van der Waals surface area contributed by atoms with Crippen molar-refractivity contribution in [1.29, 1.82) is 0 Å². The van der Waals surface area contributed by atoms with Crippen LogP contribution in [0.3, 0.4) is 0 Å². The van der Waals surface area contributed by atoms with Gasteiger partial charge in [-0.25, -0.2) is 14.5 Å². The predicted molar refractivity (Wildman–Crippen MR) is 89.2 cm³/mol. The van der Waals surface area contributed by atoms with Crippen molar-refractivity contribution >= 4 is 12.2 Å². The molecule has 0 aliphatic carbocycles. The maximum atomic E-state index is 12.4. The minimum Gasteiger partial charge on any atom is -0.443 e. The number of nitrogens with zero attached hydrogens (tertiary/aromatic N) is 1. The first-order chi connectivity index (χ1) is 10.4. The van der Waals surface area contributed by atoms with E-state index in [9.17, 15) is 9.59 Å². The van der Waals surface area contributed by atoms with Gasteiger partial charge in [0.25, 0.3) is 0 Å². The zero-order valence-electron chi connectivity index (χ0n) is 15.1. The number of rotatable bonds is 2. The van der Waals surface area contributed by atoms with E-state index in [2.05, 4.69) is 0 Å². The predicted octanol–water partition coefficient (Wildman–Crippen LogP) is 4.67. The van der Waals surface area contributed by atoms with Gasteiger partial charge in [0.1, 0.15) is 11.2 Å². The molecule has 1 rings (SSSR count). The number of carbonyl (C=O) groups is 2. The average molecular weight is 321 g/mol. The highest BCUT2D eigenvalue weighted by Gasteiger charge is 2.31. The Labute approximate surface area is 138 Å². The molecule has 5 heteroatoms. The molecule has 5 nitrogen and oxygen atoms in total. The highest BCUT2D eigenvalue weighted by molar-refractivity contribution is 5.88. The summed E-state index contributed by atoms with van der Waals surface area (Å²) in [5.74, 6) is 0. The fourth-order valence-corrected chi connectivity index (χ4v) is 1.80. The summed E-state index contributed by atoms with van der Waals surface area (Å²) >= 11 is 0. The largest absolute Gasteiger partial charge is 0.443 e. The summed E-state index contributed by atoms with van der Waals surface area (Å²) in [5, 5.41) is 0. The highest BCUT2D eigenvalue weighted by atomic mass is 16.6. The van der Waals surface area contributed by atoms with Crippen LogP contribution in [0.15, 0.2) is 24.3 Å². The Balaban J connectivity index is 3.03. The fraction of sp³-hybridized carbons (Fsp3) is 0.556. The Bertz CT molecular complexity index is 539. The lowest BCUT2D eigenvalue weighted by Gasteiger charge is -2.29. The van der Waals surface area contributed by atoms with Gasteiger partial charge in [0.2, 0.25) is 0 Å². The van der Waals surface area contributed by atoms with Crippen molar-refractivity contribution in [1.82, 2.24) is 4.90 Å². The van der Waals surface area contributed by atoms with Crippen molar-refractivity contribution < 1.29 is 19.1 Å². The van der Waals surface area contributed by atoms with E-state index in [1.807, 2.05) is 31.2 Å². The lowest BCUT2D eigenvalue weighted by Crippen LogP contribution is -2.43. The number of amides is 2. The van der Waals surface area contributed by atoms with Gasteiger partial charge in [0.15, 0.2) is 0 Å². The minimum absolute atomic E-state index is 0.108. The van der Waals surface area contributed by atoms with E-state index in [4.69, 9.17) is 9.47 Å². The summed E-state index contributed by atoms with van der Waals surface area (Å²) in [4.78, 5) is 25.8. The molecule has 0 saturated carbocycles. The van der Waals surface area contributed by atoms with Gasteiger partial charge in [-0.3, -0.25) is 0 Å². The standard InChI is InChI=1S/C18H27NO4/c1-13-10-8-9-11-14(13)12-19(15(20)22-17(2,3)4)16(21)23-18(5,6)7/h8-11H,12H2,1-7H3. The Hall–Kier alpha value is -2.04. The van der Waals surface area contributed by atoms with E-state index in [1.165, 1.54) is 0 Å². The first-order valence-corrected chi connectivity index (χ1v) is 7.67. The molecule has 0 bridgehead atoms. The Morgan fingerprint density at radius 3 is 1.74 bits per heavy atom. The van der Waals surface area contributed by atoms with Crippen LogP contribution in [-0.4, -0.2) is 28.3 Å². The molecule has 1 aromatic rings. The molecule has 0 fully saturated rings. The third kappa shape index (κ3) is 6.72. The normalized spacial score (nSPS) is 11.8. The third-order valence-electron chi connectivity index (χ3n) is 2.82. The van der Waals surface area contributed by atoms with Crippen molar-refractivity contribution in [2.24, 2.45) is 0 Å². The number of hydrogen-bond acceptors (Lipinski definition) is 4. The molecule has 0 radical (unpaired) electrons. The van der Waals surface area contributed by atoms with Crippen LogP contribution in [0.1, 0.15) is 52.7 Å². The lowest BCUT2D eigenvalue weighted by atomic mass is 10.1. The molecule has 0 N–H and O–H groups in total. The van der Waals surface area contributed by atoms with Crippen LogP contribution in [0.4, 0.5) is 9.59 Å². The first-order valence-electron chi connectivity index (χ1n) is 7.67. The van der Waals surface area contributed by atoms with Gasteiger partial charge in [-0.2, -0.15) is 0 Å². The van der Waals surface area contributed by atoms with Crippen LogP contribution < -0.4 is 0 Å². The molecule has 0 aliphatic rings. The maximum Gasteiger partial charge on any atom is 0.420 e. The smallest absolute Gasteiger partial charge is 0.420 e. The third-order valence-corrected chi connectivity index (χ3v) is 2.82. The second-order valence-electron chi connectivity index (χ2n) is 7.47. The van der Waals surface area contributed by atoms with E-state index in [-0.39, 0.29) is 6.54 Å². The molecule has 1 aromatic carbocycles. The van der Waals surface area contributed by atoms with Gasteiger partial charge in [0.05, 0.1) is 6.54 Å². The molecule has 0 saturated heterocycles. The Kier molecular flexibility index (Phi) is 5.81. The van der Waals surface area contributed by atoms with Crippen LogP contribution in [0.2, 0.25) is 0 Å². The van der Waals surface area contributed by atoms with Gasteiger partial charge in [0, 0.05) is 0 Å². The second kappa shape index (κ2) is 7.02. The monoisotopic (exact) mass is 321 g/mol. The minimum atomic E-state index is -0.713. The maximum absolute atomic E-state index is 12.4. The van der Waals surface area contributed by atoms with Crippen molar-refractivity contribution in [2.75, 3.05) is 0 Å². The highest BCUT2D eigenvalue weighted by Crippen LogP contribution is 2.18. The van der Waals surface area contributed by atoms with E-state index < -0.39 is 23.4 Å². The number of aryl methyl sites for hydroxylation is 1. The van der Waals surface area contributed by atoms with Gasteiger partial charge >= 0.3 is 12.2 Å². The number of hydrogen-bond donors (Lipinski definition) is 0. The average Bonchev–Trinajstić information content (AvgIpc) is 2.33. The van der Waals surface area contributed by atoms with Gasteiger partial charge in [-0.1, -0.05) is 24.3 Å². The molecular weight excluding hydrogens is 294 g/mol. The molecule has 23 heavy (non-hydrogen) atoms. The number of ether oxygens (including phenoxy) is 2. The first kappa shape index (κ1) is 19.0. The number of imide groups is 1. The summed E-state index contributed by atoms with van der Waals surface area (Å²) in [7, 11) is 0. The quantitative estimate of drug-likeness (QED) is 0.794. The van der Waals surface area contributed by atoms with Crippen molar-refractivity contribution in [3.05, 3.63) is 35.4 Å². The van der Waals surface area contributed by atoms with Crippen LogP contribution >= 0.6 is 0 Å². The zero-order chi connectivity index (χ0) is 17.8. The SMILES string of the molecule is Cc1ccccc1CN(C(=O)OC(C)(C)C)C(=O)OC(C)(C)C. The molecule has 0 aliphatic heterocycles. The van der Waals surface area contributed by atoms with Crippen molar-refractivity contribution in [3.8, 4) is 0 Å². The molecule has 0 heterocycles. The van der Waals surface area contributed by atoms with Crippen LogP contribution in [0, 0.1) is 6.92 Å². The van der Waals surface area contributed by atoms with Crippen LogP contribution in [-0.2, 0) is 16.0 Å². The summed E-state index contributed by atoms with van der Waals surface area (Å²) in [5.41, 5.74) is 0.473. The molecular formula is C18H27NO4. The number of benzene rings is 1. The topological polar surface area (TPSA) is 55.8 Å². The lowest BCUT2D eigenvalue weighted by molar-refractivity contribution is -0.000262. The summed E-state index contributed by atoms with van der Waals surface area (Å²) in [6, 6.07) is 7.57. The summed E-state index contributed by atoms with van der Waals surface area (Å²) < 4.78 is 10.7. The van der Waals surface area contributed by atoms with Gasteiger partial charge in [-0.15, -0.1) is 0 Å². The molecule has 0 atom stereocenters. The second-order valence-corrected chi connectivity index (χ2v) is 7.47. The fourth-order valence-electron chi connectivity index (χ4n) is 1.80. The van der Waals surface area contributed by atoms with Crippen LogP contribution in [0.5, 0.6) is 0 Å². The molecule has 0 spiro atoms. The molecule has 0 unspecified atom stereocenters. The zero-order valence-corrected chi connectivity index (χ0v) is 15.1. The van der Waals surface area contributed by atoms with Crippen LogP contribution in [0.25, 0.3) is 0 Å². The van der Waals surface area contributed by atoms with Gasteiger partial charge < -0.3 is 9.47 Å². The Morgan fingerprint density at radius 1 is 0.913 bits per heavy atom.